The van der Waals surface area contributed by atoms with Gasteiger partial charge >= 0.3 is 8.03 Å². The summed E-state index contributed by atoms with van der Waals surface area (Å²) >= 11 is 1.49. The smallest absolute Gasteiger partial charge is 0.317 e. The molecule has 0 radical (unpaired) electrons. The quantitative estimate of drug-likeness (QED) is 0.615. The maximum absolute atomic E-state index is 10.4. The van der Waals surface area contributed by atoms with Gasteiger partial charge in [-0.3, -0.25) is 0 Å². The van der Waals surface area contributed by atoms with E-state index in [0.717, 1.165) is 10.7 Å². The van der Waals surface area contributed by atoms with Gasteiger partial charge in [-0.25, -0.2) is 0 Å². The molecule has 0 aliphatic heterocycles. The average Bonchev–Trinajstić information content (AvgIpc) is 1.87. The molecular formula is C6H11O2PS. The van der Waals surface area contributed by atoms with Crippen LogP contribution in [0.5, 0.6) is 0 Å². The first-order valence-electron chi connectivity index (χ1n) is 3.04. The van der Waals surface area contributed by atoms with E-state index in [2.05, 4.69) is 6.58 Å². The maximum Gasteiger partial charge on any atom is 0.317 e. The van der Waals surface area contributed by atoms with Crippen molar-refractivity contribution in [3.63, 3.8) is 0 Å². The van der Waals surface area contributed by atoms with Crippen LogP contribution in [0.3, 0.4) is 0 Å². The Hall–Kier alpha value is 0.150. The van der Waals surface area contributed by atoms with E-state index in [4.69, 9.17) is 0 Å². The summed E-state index contributed by atoms with van der Waals surface area (Å²) in [6, 6.07) is 0. The topological polar surface area (TPSA) is 40.1 Å². The van der Waals surface area contributed by atoms with Crippen molar-refractivity contribution >= 4 is 19.8 Å². The Balaban J connectivity index is 3.82. The minimum absolute atomic E-state index is 0.389. The van der Waals surface area contributed by atoms with Crippen LogP contribution in [0, 0.1) is 0 Å². The molecule has 0 aliphatic rings. The minimum atomic E-state index is -2.33. The Morgan fingerprint density at radius 1 is 1.90 bits per heavy atom. The molecular weight excluding hydrogens is 167 g/mol. The van der Waals surface area contributed by atoms with Crippen LogP contribution in [-0.2, 0) is 4.57 Å². The van der Waals surface area contributed by atoms with Crippen molar-refractivity contribution in [3.8, 4) is 0 Å². The molecule has 0 heterocycles. The van der Waals surface area contributed by atoms with Gasteiger partial charge in [-0.05, 0) is 12.7 Å². The van der Waals surface area contributed by atoms with Crippen LogP contribution < -0.4 is 4.89 Å². The summed E-state index contributed by atoms with van der Waals surface area (Å²) in [4.78, 5) is 11.1. The van der Waals surface area contributed by atoms with Gasteiger partial charge in [0.2, 0.25) is 0 Å². The van der Waals surface area contributed by atoms with Crippen LogP contribution >= 0.6 is 19.8 Å². The molecule has 0 aromatic heterocycles. The van der Waals surface area contributed by atoms with Crippen molar-refractivity contribution in [2.24, 2.45) is 0 Å². The van der Waals surface area contributed by atoms with Gasteiger partial charge in [0.05, 0.1) is 0 Å². The summed E-state index contributed by atoms with van der Waals surface area (Å²) in [6.07, 6.45) is 0. The Kier molecular flexibility index (Phi) is 4.96. The Morgan fingerprint density at radius 2 is 2.40 bits per heavy atom. The maximum atomic E-state index is 10.4. The zero-order chi connectivity index (χ0) is 8.15. The highest BCUT2D eigenvalue weighted by Gasteiger charge is 2.18. The van der Waals surface area contributed by atoms with Gasteiger partial charge in [-0.2, -0.15) is 0 Å². The normalized spacial score (nSPS) is 14.5. The summed E-state index contributed by atoms with van der Waals surface area (Å²) in [5.74, 6) is 0.881. The van der Waals surface area contributed by atoms with Crippen molar-refractivity contribution in [1.82, 2.24) is 0 Å². The molecule has 10 heavy (non-hydrogen) atoms. The number of allylic oxidation sites excluding steroid dienone is 1. The molecule has 58 valence electrons. The molecule has 0 aliphatic carbocycles. The lowest BCUT2D eigenvalue weighted by Crippen LogP contribution is -2.04. The SMILES string of the molecule is C=C(SCC)C(C)[P+](=O)[O-]. The van der Waals surface area contributed by atoms with E-state index in [1.807, 2.05) is 6.92 Å². The number of rotatable bonds is 4. The van der Waals surface area contributed by atoms with Crippen LogP contribution in [0.1, 0.15) is 13.8 Å². The van der Waals surface area contributed by atoms with Gasteiger partial charge in [-0.1, -0.05) is 18.1 Å². The van der Waals surface area contributed by atoms with E-state index in [1.165, 1.54) is 11.8 Å². The van der Waals surface area contributed by atoms with Crippen LogP contribution in [0.4, 0.5) is 0 Å². The number of hydrogen-bond acceptors (Lipinski definition) is 3. The van der Waals surface area contributed by atoms with Crippen LogP contribution in [0.25, 0.3) is 0 Å². The minimum Gasteiger partial charge on any atom is -0.595 e. The Bertz CT molecular complexity index is 147. The fourth-order valence-electron chi connectivity index (χ4n) is 0.424. The largest absolute Gasteiger partial charge is 0.595 e. The molecule has 0 aromatic rings. The zero-order valence-corrected chi connectivity index (χ0v) is 7.87. The van der Waals surface area contributed by atoms with Gasteiger partial charge in [0.25, 0.3) is 0 Å². The molecule has 0 spiro atoms. The lowest BCUT2D eigenvalue weighted by atomic mass is 10.5. The molecule has 0 N–H and O–H groups in total. The van der Waals surface area contributed by atoms with Gasteiger partial charge in [0.15, 0.2) is 5.66 Å². The van der Waals surface area contributed by atoms with E-state index in [-0.39, 0.29) is 5.66 Å². The molecule has 0 saturated heterocycles. The Labute approximate surface area is 66.6 Å². The summed E-state index contributed by atoms with van der Waals surface area (Å²) in [5.41, 5.74) is -0.389. The molecule has 0 aromatic carbocycles. The first kappa shape index (κ1) is 10.2. The van der Waals surface area contributed by atoms with Gasteiger partial charge in [0, 0.05) is 4.91 Å². The van der Waals surface area contributed by atoms with Gasteiger partial charge < -0.3 is 4.89 Å². The van der Waals surface area contributed by atoms with E-state index >= 15 is 0 Å². The molecule has 4 heteroatoms. The molecule has 2 atom stereocenters. The third-order valence-electron chi connectivity index (χ3n) is 1.11. The van der Waals surface area contributed by atoms with Crippen molar-refractivity contribution in [2.45, 2.75) is 19.5 Å². The van der Waals surface area contributed by atoms with Gasteiger partial charge in [0.1, 0.15) is 0 Å². The molecule has 2 nitrogen and oxygen atoms in total. The summed E-state index contributed by atoms with van der Waals surface area (Å²) in [7, 11) is -2.33. The van der Waals surface area contributed by atoms with Gasteiger partial charge in [-0.15, -0.1) is 11.8 Å². The van der Waals surface area contributed by atoms with E-state index < -0.39 is 8.03 Å². The predicted molar refractivity (Wildman–Crippen MR) is 44.3 cm³/mol. The monoisotopic (exact) mass is 178 g/mol. The molecule has 0 rings (SSSR count). The summed E-state index contributed by atoms with van der Waals surface area (Å²) < 4.78 is 10.4. The molecule has 0 saturated carbocycles. The predicted octanol–water partition coefficient (Wildman–Crippen LogP) is 1.74. The molecule has 0 amide bonds. The second-order valence-electron chi connectivity index (χ2n) is 1.86. The second-order valence-corrected chi connectivity index (χ2v) is 4.60. The number of hydrogen-bond donors (Lipinski definition) is 0. The summed E-state index contributed by atoms with van der Waals surface area (Å²) in [6.45, 7) is 7.27. The van der Waals surface area contributed by atoms with Crippen molar-refractivity contribution in [3.05, 3.63) is 11.5 Å². The lowest BCUT2D eigenvalue weighted by molar-refractivity contribution is -0.165. The Morgan fingerprint density at radius 3 is 2.70 bits per heavy atom. The zero-order valence-electron chi connectivity index (χ0n) is 6.16. The third-order valence-corrected chi connectivity index (χ3v) is 3.24. The highest BCUT2D eigenvalue weighted by Crippen LogP contribution is 2.30. The first-order chi connectivity index (χ1) is 4.59. The molecule has 0 bridgehead atoms. The van der Waals surface area contributed by atoms with Crippen LogP contribution in [0.15, 0.2) is 11.5 Å². The fraction of sp³-hybridized carbons (Fsp3) is 0.667. The highest BCUT2D eigenvalue weighted by atomic mass is 32.2. The van der Waals surface area contributed by atoms with Crippen molar-refractivity contribution < 1.29 is 9.46 Å². The molecule has 2 unspecified atom stereocenters. The second kappa shape index (κ2) is 4.89. The van der Waals surface area contributed by atoms with E-state index in [9.17, 15) is 9.46 Å². The molecule has 0 fully saturated rings. The van der Waals surface area contributed by atoms with Crippen LogP contribution in [-0.4, -0.2) is 11.4 Å². The average molecular weight is 178 g/mol. The van der Waals surface area contributed by atoms with Crippen LogP contribution in [0.2, 0.25) is 0 Å². The third kappa shape index (κ3) is 3.35. The van der Waals surface area contributed by atoms with Crippen molar-refractivity contribution in [1.29, 1.82) is 0 Å². The standard InChI is InChI=1S/C6H11O2PS/c1-4-10-6(3)5(2)9(7)8/h5H,3-4H2,1-2H3. The van der Waals surface area contributed by atoms with E-state index in [1.54, 1.807) is 6.92 Å². The number of thioether (sulfide) groups is 1. The van der Waals surface area contributed by atoms with E-state index in [0.29, 0.717) is 0 Å². The summed E-state index contributed by atoms with van der Waals surface area (Å²) in [5, 5.41) is 0. The lowest BCUT2D eigenvalue weighted by Gasteiger charge is -2.03. The fourth-order valence-corrected chi connectivity index (χ4v) is 1.75. The first-order valence-corrected chi connectivity index (χ1v) is 5.28. The van der Waals surface area contributed by atoms with Crippen molar-refractivity contribution in [2.75, 3.05) is 5.75 Å². The highest BCUT2D eigenvalue weighted by molar-refractivity contribution is 8.03.